The summed E-state index contributed by atoms with van der Waals surface area (Å²) in [5.74, 6) is 0.653. The molecule has 142 valence electrons. The van der Waals surface area contributed by atoms with Crippen LogP contribution in [0.15, 0.2) is 24.3 Å². The first-order chi connectivity index (χ1) is 13.1. The highest BCUT2D eigenvalue weighted by Crippen LogP contribution is 2.28. The number of hydrogen-bond donors (Lipinski definition) is 2. The second-order valence-corrected chi connectivity index (χ2v) is 6.97. The van der Waals surface area contributed by atoms with Gasteiger partial charge in [0.2, 0.25) is 0 Å². The zero-order valence-corrected chi connectivity index (χ0v) is 16.0. The summed E-state index contributed by atoms with van der Waals surface area (Å²) in [7, 11) is 3.61. The normalized spacial score (nSPS) is 14.0. The van der Waals surface area contributed by atoms with E-state index in [-0.39, 0.29) is 5.91 Å². The molecule has 1 aliphatic rings. The van der Waals surface area contributed by atoms with E-state index in [1.54, 1.807) is 7.11 Å². The van der Waals surface area contributed by atoms with E-state index in [0.29, 0.717) is 12.1 Å². The van der Waals surface area contributed by atoms with Crippen molar-refractivity contribution in [2.45, 2.75) is 33.0 Å². The van der Waals surface area contributed by atoms with Crippen LogP contribution >= 0.6 is 0 Å². The summed E-state index contributed by atoms with van der Waals surface area (Å²) < 4.78 is 9.41. The third kappa shape index (κ3) is 3.19. The van der Waals surface area contributed by atoms with Gasteiger partial charge in [0.25, 0.3) is 5.91 Å². The van der Waals surface area contributed by atoms with E-state index in [0.717, 1.165) is 54.1 Å². The lowest BCUT2D eigenvalue weighted by atomic mass is 10.1. The van der Waals surface area contributed by atoms with Gasteiger partial charge in [-0.2, -0.15) is 5.10 Å². The first kappa shape index (κ1) is 17.6. The minimum atomic E-state index is -0.0901. The molecule has 0 radical (unpaired) electrons. The highest BCUT2D eigenvalue weighted by molar-refractivity contribution is 6.08. The lowest BCUT2D eigenvalue weighted by Crippen LogP contribution is -2.24. The van der Waals surface area contributed by atoms with Crippen molar-refractivity contribution in [2.75, 3.05) is 13.7 Å². The molecular weight excluding hydrogens is 342 g/mol. The number of nitrogens with one attached hydrogen (secondary N) is 2. The lowest BCUT2D eigenvalue weighted by Gasteiger charge is -2.05. The molecule has 1 aliphatic heterocycles. The number of carbonyl (C=O) groups is 1. The van der Waals surface area contributed by atoms with E-state index in [9.17, 15) is 4.79 Å². The fraction of sp³-hybridized carbons (Fsp3) is 0.400. The zero-order chi connectivity index (χ0) is 19.0. The quantitative estimate of drug-likeness (QED) is 0.741. The van der Waals surface area contributed by atoms with Crippen LogP contribution in [0.2, 0.25) is 0 Å². The number of rotatable bonds is 4. The summed E-state index contributed by atoms with van der Waals surface area (Å²) in [6, 6.07) is 7.88. The van der Waals surface area contributed by atoms with Crippen LogP contribution in [-0.2, 0) is 26.7 Å². The Balaban J connectivity index is 1.57. The summed E-state index contributed by atoms with van der Waals surface area (Å²) in [5, 5.41) is 12.0. The minimum absolute atomic E-state index is 0.0901. The first-order valence-corrected chi connectivity index (χ1v) is 9.26. The van der Waals surface area contributed by atoms with Gasteiger partial charge in [-0.15, -0.1) is 0 Å². The molecule has 0 fully saturated rings. The van der Waals surface area contributed by atoms with Crippen molar-refractivity contribution in [2.24, 2.45) is 7.05 Å². The first-order valence-electron chi connectivity index (χ1n) is 9.26. The standard InChI is InChI=1S/C20H25N5O2/c1-13-19(17-10-16(27-3)5-6-18(17)24(13)2)20(26)22-11-14-9-15-12-21-7-4-8-25(15)23-14/h5-6,9-10,21H,4,7-8,11-12H2,1-3H3,(H,22,26). The van der Waals surface area contributed by atoms with Gasteiger partial charge in [-0.25, -0.2) is 0 Å². The molecule has 27 heavy (non-hydrogen) atoms. The SMILES string of the molecule is COc1ccc2c(c1)c(C(=O)NCc1cc3n(n1)CCCNC3)c(C)n2C. The highest BCUT2D eigenvalue weighted by Gasteiger charge is 2.19. The van der Waals surface area contributed by atoms with E-state index in [1.807, 2.05) is 41.4 Å². The number of methoxy groups -OCH3 is 1. The molecule has 0 unspecified atom stereocenters. The molecule has 2 aromatic heterocycles. The van der Waals surface area contributed by atoms with Crippen molar-refractivity contribution in [3.05, 3.63) is 46.9 Å². The number of carbonyl (C=O) groups excluding carboxylic acids is 1. The van der Waals surface area contributed by atoms with Crippen molar-refractivity contribution >= 4 is 16.8 Å². The monoisotopic (exact) mass is 367 g/mol. The average molecular weight is 367 g/mol. The Morgan fingerprint density at radius 1 is 1.37 bits per heavy atom. The van der Waals surface area contributed by atoms with E-state index >= 15 is 0 Å². The Bertz CT molecular complexity index is 978. The summed E-state index contributed by atoms with van der Waals surface area (Å²) in [6.07, 6.45) is 1.07. The van der Waals surface area contributed by atoms with Crippen molar-refractivity contribution in [3.8, 4) is 5.75 Å². The fourth-order valence-electron chi connectivity index (χ4n) is 3.73. The predicted molar refractivity (Wildman–Crippen MR) is 104 cm³/mol. The van der Waals surface area contributed by atoms with Crippen molar-refractivity contribution in [1.29, 1.82) is 0 Å². The van der Waals surface area contributed by atoms with Gasteiger partial charge in [0.1, 0.15) is 5.75 Å². The van der Waals surface area contributed by atoms with E-state index in [4.69, 9.17) is 4.74 Å². The molecule has 0 saturated carbocycles. The molecule has 1 amide bonds. The number of nitrogens with zero attached hydrogens (tertiary/aromatic N) is 3. The molecule has 7 nitrogen and oxygen atoms in total. The van der Waals surface area contributed by atoms with Gasteiger partial charge in [0.15, 0.2) is 0 Å². The fourth-order valence-corrected chi connectivity index (χ4v) is 3.73. The Morgan fingerprint density at radius 3 is 3.04 bits per heavy atom. The topological polar surface area (TPSA) is 73.1 Å². The number of ether oxygens (including phenoxy) is 1. The third-order valence-electron chi connectivity index (χ3n) is 5.30. The molecule has 3 aromatic rings. The van der Waals surface area contributed by atoms with Crippen molar-refractivity contribution in [1.82, 2.24) is 25.0 Å². The molecule has 0 aliphatic carbocycles. The van der Waals surface area contributed by atoms with Crippen LogP contribution in [0.5, 0.6) is 5.75 Å². The molecule has 2 N–H and O–H groups in total. The van der Waals surface area contributed by atoms with Gasteiger partial charge in [-0.1, -0.05) is 0 Å². The maximum absolute atomic E-state index is 13.0. The zero-order valence-electron chi connectivity index (χ0n) is 16.0. The number of hydrogen-bond acceptors (Lipinski definition) is 4. The molecule has 0 saturated heterocycles. The third-order valence-corrected chi connectivity index (χ3v) is 5.30. The molecule has 3 heterocycles. The van der Waals surface area contributed by atoms with E-state index in [2.05, 4.69) is 21.8 Å². The molecule has 1 aromatic carbocycles. The summed E-state index contributed by atoms with van der Waals surface area (Å²) in [4.78, 5) is 13.0. The summed E-state index contributed by atoms with van der Waals surface area (Å²) in [6.45, 7) is 5.13. The van der Waals surface area contributed by atoms with Crippen LogP contribution in [0.4, 0.5) is 0 Å². The summed E-state index contributed by atoms with van der Waals surface area (Å²) in [5.41, 5.74) is 4.69. The lowest BCUT2D eigenvalue weighted by molar-refractivity contribution is 0.0951. The maximum atomic E-state index is 13.0. The van der Waals surface area contributed by atoms with E-state index in [1.165, 1.54) is 5.69 Å². The van der Waals surface area contributed by atoms with Crippen molar-refractivity contribution in [3.63, 3.8) is 0 Å². The molecular formula is C20H25N5O2. The number of amides is 1. The van der Waals surface area contributed by atoms with Gasteiger partial charge in [0.05, 0.1) is 30.6 Å². The molecule has 0 atom stereocenters. The van der Waals surface area contributed by atoms with Gasteiger partial charge in [-0.3, -0.25) is 9.48 Å². The molecule has 7 heteroatoms. The Hall–Kier alpha value is -2.80. The number of aromatic nitrogens is 3. The minimum Gasteiger partial charge on any atom is -0.497 e. The van der Waals surface area contributed by atoms with Crippen LogP contribution in [0.3, 0.4) is 0 Å². The number of fused-ring (bicyclic) bond motifs is 2. The number of aryl methyl sites for hydroxylation is 2. The van der Waals surface area contributed by atoms with Crippen LogP contribution in [0, 0.1) is 6.92 Å². The van der Waals surface area contributed by atoms with Crippen molar-refractivity contribution < 1.29 is 9.53 Å². The highest BCUT2D eigenvalue weighted by atomic mass is 16.5. The van der Waals surface area contributed by atoms with Gasteiger partial charge in [0, 0.05) is 36.7 Å². The average Bonchev–Trinajstić information content (AvgIpc) is 3.08. The Kier molecular flexibility index (Phi) is 4.61. The second kappa shape index (κ2) is 7.08. The van der Waals surface area contributed by atoms with Gasteiger partial charge < -0.3 is 19.9 Å². The Labute approximate surface area is 158 Å². The molecule has 0 bridgehead atoms. The van der Waals surface area contributed by atoms with Crippen LogP contribution in [-0.4, -0.2) is 33.9 Å². The van der Waals surface area contributed by atoms with Crippen LogP contribution in [0.25, 0.3) is 10.9 Å². The molecule has 0 spiro atoms. The largest absolute Gasteiger partial charge is 0.497 e. The second-order valence-electron chi connectivity index (χ2n) is 6.97. The number of benzene rings is 1. The maximum Gasteiger partial charge on any atom is 0.254 e. The predicted octanol–water partition coefficient (Wildman–Crippen LogP) is 2.12. The van der Waals surface area contributed by atoms with Crippen LogP contribution in [0.1, 0.15) is 33.9 Å². The summed E-state index contributed by atoms with van der Waals surface area (Å²) >= 11 is 0. The van der Waals surface area contributed by atoms with Gasteiger partial charge in [-0.05, 0) is 44.2 Å². The smallest absolute Gasteiger partial charge is 0.254 e. The van der Waals surface area contributed by atoms with Gasteiger partial charge >= 0.3 is 0 Å². The van der Waals surface area contributed by atoms with Crippen LogP contribution < -0.4 is 15.4 Å². The Morgan fingerprint density at radius 2 is 2.22 bits per heavy atom. The van der Waals surface area contributed by atoms with E-state index < -0.39 is 0 Å². The molecule has 4 rings (SSSR count).